The summed E-state index contributed by atoms with van der Waals surface area (Å²) in [5.41, 5.74) is 3.60. The fraction of sp³-hybridized carbons (Fsp3) is 0.429. The minimum Gasteiger partial charge on any atom is -0.496 e. The number of likely N-dealkylation sites (tertiary alicyclic amines) is 1. The summed E-state index contributed by atoms with van der Waals surface area (Å²) in [5.74, 6) is 0.888. The van der Waals surface area contributed by atoms with Gasteiger partial charge in [0.1, 0.15) is 5.75 Å². The van der Waals surface area contributed by atoms with E-state index in [4.69, 9.17) is 4.74 Å². The van der Waals surface area contributed by atoms with Crippen molar-refractivity contribution in [3.05, 3.63) is 52.9 Å². The van der Waals surface area contributed by atoms with Crippen LogP contribution in [-0.4, -0.2) is 40.7 Å². The van der Waals surface area contributed by atoms with Gasteiger partial charge in [0, 0.05) is 24.8 Å². The second-order valence-electron chi connectivity index (χ2n) is 6.74. The van der Waals surface area contributed by atoms with E-state index >= 15 is 0 Å². The molecule has 1 saturated heterocycles. The van der Waals surface area contributed by atoms with Crippen LogP contribution in [0.15, 0.2) is 30.5 Å². The molecule has 0 bridgehead atoms. The molecule has 0 saturated carbocycles. The van der Waals surface area contributed by atoms with Gasteiger partial charge in [-0.15, -0.1) is 0 Å². The maximum absolute atomic E-state index is 12.5. The maximum Gasteiger partial charge on any atom is 0.189 e. The van der Waals surface area contributed by atoms with E-state index in [1.807, 2.05) is 38.3 Å². The standard InChI is InChI=1S/C21H27N3O2/c1-4-24-15-19(16(2)22-24)20(25)9-7-17-8-10-21(26-3)18(13-17)14-23-11-5-6-12-23/h7-10,13,15H,4-6,11-12,14H2,1-3H3/b9-7+. The lowest BCUT2D eigenvalue weighted by molar-refractivity contribution is 0.104. The molecule has 0 radical (unpaired) electrons. The number of aryl methyl sites for hydroxylation is 2. The van der Waals surface area contributed by atoms with E-state index in [2.05, 4.69) is 16.1 Å². The summed E-state index contributed by atoms with van der Waals surface area (Å²) in [6, 6.07) is 6.08. The number of carbonyl (C=O) groups excluding carboxylic acids is 1. The van der Waals surface area contributed by atoms with Crippen LogP contribution in [0.4, 0.5) is 0 Å². The summed E-state index contributed by atoms with van der Waals surface area (Å²) in [4.78, 5) is 14.9. The predicted molar refractivity (Wildman–Crippen MR) is 104 cm³/mol. The van der Waals surface area contributed by atoms with Crippen LogP contribution in [0, 0.1) is 6.92 Å². The molecule has 0 aliphatic carbocycles. The predicted octanol–water partition coefficient (Wildman–Crippen LogP) is 3.71. The molecule has 0 N–H and O–H groups in total. The number of allylic oxidation sites excluding steroid dienone is 1. The molecule has 1 aliphatic heterocycles. The van der Waals surface area contributed by atoms with Gasteiger partial charge >= 0.3 is 0 Å². The molecule has 0 spiro atoms. The van der Waals surface area contributed by atoms with Crippen molar-refractivity contribution in [2.75, 3.05) is 20.2 Å². The zero-order valence-corrected chi connectivity index (χ0v) is 15.9. The number of benzene rings is 1. The Morgan fingerprint density at radius 1 is 1.31 bits per heavy atom. The highest BCUT2D eigenvalue weighted by atomic mass is 16.5. The Balaban J connectivity index is 1.76. The number of hydrogen-bond acceptors (Lipinski definition) is 4. The third-order valence-corrected chi connectivity index (χ3v) is 4.86. The van der Waals surface area contributed by atoms with Crippen LogP contribution in [0.3, 0.4) is 0 Å². The first-order chi connectivity index (χ1) is 12.6. The topological polar surface area (TPSA) is 47.4 Å². The average Bonchev–Trinajstić information content (AvgIpc) is 3.29. The van der Waals surface area contributed by atoms with Gasteiger partial charge in [0.2, 0.25) is 0 Å². The van der Waals surface area contributed by atoms with E-state index in [0.717, 1.165) is 43.2 Å². The van der Waals surface area contributed by atoms with Crippen molar-refractivity contribution < 1.29 is 9.53 Å². The molecule has 2 heterocycles. The highest BCUT2D eigenvalue weighted by Crippen LogP contribution is 2.24. The van der Waals surface area contributed by atoms with Crippen LogP contribution < -0.4 is 4.74 Å². The van der Waals surface area contributed by atoms with Gasteiger partial charge in [0.25, 0.3) is 0 Å². The first kappa shape index (κ1) is 18.4. The van der Waals surface area contributed by atoms with Gasteiger partial charge in [0.05, 0.1) is 18.4 Å². The number of ketones is 1. The fourth-order valence-corrected chi connectivity index (χ4v) is 3.39. The van der Waals surface area contributed by atoms with Crippen LogP contribution >= 0.6 is 0 Å². The van der Waals surface area contributed by atoms with Crippen molar-refractivity contribution in [3.8, 4) is 5.75 Å². The van der Waals surface area contributed by atoms with Crippen molar-refractivity contribution in [2.24, 2.45) is 0 Å². The number of ether oxygens (including phenoxy) is 1. The Hall–Kier alpha value is -2.40. The van der Waals surface area contributed by atoms with Crippen molar-refractivity contribution in [3.63, 3.8) is 0 Å². The number of nitrogens with zero attached hydrogens (tertiary/aromatic N) is 3. The van der Waals surface area contributed by atoms with Crippen LogP contribution in [-0.2, 0) is 13.1 Å². The summed E-state index contributed by atoms with van der Waals surface area (Å²) >= 11 is 0. The fourth-order valence-electron chi connectivity index (χ4n) is 3.39. The van der Waals surface area contributed by atoms with Gasteiger partial charge in [-0.25, -0.2) is 0 Å². The molecular weight excluding hydrogens is 326 g/mol. The van der Waals surface area contributed by atoms with Crippen LogP contribution in [0.1, 0.15) is 46.9 Å². The zero-order chi connectivity index (χ0) is 18.5. The second kappa shape index (κ2) is 8.32. The maximum atomic E-state index is 12.5. The van der Waals surface area contributed by atoms with Crippen molar-refractivity contribution >= 4 is 11.9 Å². The smallest absolute Gasteiger partial charge is 0.189 e. The minimum absolute atomic E-state index is 0.0147. The number of aromatic nitrogens is 2. The Kier molecular flexibility index (Phi) is 5.89. The summed E-state index contributed by atoms with van der Waals surface area (Å²) in [7, 11) is 1.70. The molecular formula is C21H27N3O2. The molecule has 3 rings (SSSR count). The molecule has 138 valence electrons. The molecule has 2 aromatic rings. The van der Waals surface area contributed by atoms with E-state index in [1.165, 1.54) is 18.4 Å². The largest absolute Gasteiger partial charge is 0.496 e. The van der Waals surface area contributed by atoms with Crippen molar-refractivity contribution in [1.29, 1.82) is 0 Å². The lowest BCUT2D eigenvalue weighted by atomic mass is 10.1. The van der Waals surface area contributed by atoms with Gasteiger partial charge in [-0.1, -0.05) is 12.1 Å². The molecule has 0 atom stereocenters. The summed E-state index contributed by atoms with van der Waals surface area (Å²) in [6.07, 6.45) is 7.85. The van der Waals surface area contributed by atoms with Crippen LogP contribution in [0.25, 0.3) is 6.08 Å². The highest BCUT2D eigenvalue weighted by molar-refractivity contribution is 6.07. The molecule has 1 fully saturated rings. The van der Waals surface area contributed by atoms with Crippen molar-refractivity contribution in [1.82, 2.24) is 14.7 Å². The Morgan fingerprint density at radius 2 is 2.08 bits per heavy atom. The number of hydrogen-bond donors (Lipinski definition) is 0. The average molecular weight is 353 g/mol. The highest BCUT2D eigenvalue weighted by Gasteiger charge is 2.15. The third kappa shape index (κ3) is 4.22. The zero-order valence-electron chi connectivity index (χ0n) is 15.9. The Morgan fingerprint density at radius 3 is 2.73 bits per heavy atom. The molecule has 1 aliphatic rings. The monoisotopic (exact) mass is 353 g/mol. The van der Waals surface area contributed by atoms with Crippen molar-refractivity contribution in [2.45, 2.75) is 39.8 Å². The molecule has 0 unspecified atom stereocenters. The third-order valence-electron chi connectivity index (χ3n) is 4.86. The van der Waals surface area contributed by atoms with E-state index in [-0.39, 0.29) is 5.78 Å². The molecule has 0 amide bonds. The van der Waals surface area contributed by atoms with Gasteiger partial charge < -0.3 is 4.74 Å². The normalized spacial score (nSPS) is 15.0. The van der Waals surface area contributed by atoms with E-state index < -0.39 is 0 Å². The van der Waals surface area contributed by atoms with Crippen LogP contribution in [0.2, 0.25) is 0 Å². The second-order valence-corrected chi connectivity index (χ2v) is 6.74. The van der Waals surface area contributed by atoms with Crippen LogP contribution in [0.5, 0.6) is 5.75 Å². The van der Waals surface area contributed by atoms with E-state index in [9.17, 15) is 4.79 Å². The van der Waals surface area contributed by atoms with Gasteiger partial charge in [-0.05, 0) is 63.6 Å². The molecule has 5 heteroatoms. The summed E-state index contributed by atoms with van der Waals surface area (Å²) in [6.45, 7) is 7.81. The molecule has 1 aromatic heterocycles. The molecule has 26 heavy (non-hydrogen) atoms. The van der Waals surface area contributed by atoms with Gasteiger partial charge in [0.15, 0.2) is 5.78 Å². The summed E-state index contributed by atoms with van der Waals surface area (Å²) < 4.78 is 7.30. The first-order valence-corrected chi connectivity index (χ1v) is 9.26. The first-order valence-electron chi connectivity index (χ1n) is 9.26. The molecule has 1 aromatic carbocycles. The van der Waals surface area contributed by atoms with E-state index in [0.29, 0.717) is 5.56 Å². The lowest BCUT2D eigenvalue weighted by Crippen LogP contribution is -2.18. The number of methoxy groups -OCH3 is 1. The minimum atomic E-state index is -0.0147. The number of carbonyl (C=O) groups is 1. The molecule has 5 nitrogen and oxygen atoms in total. The van der Waals surface area contributed by atoms with E-state index in [1.54, 1.807) is 17.9 Å². The SMILES string of the molecule is CCn1cc(C(=O)/C=C/c2ccc(OC)c(CN3CCCC3)c2)c(C)n1. The lowest BCUT2D eigenvalue weighted by Gasteiger charge is -2.17. The quantitative estimate of drug-likeness (QED) is 0.562. The summed E-state index contributed by atoms with van der Waals surface area (Å²) in [5, 5.41) is 4.34. The van der Waals surface area contributed by atoms with Gasteiger partial charge in [-0.2, -0.15) is 5.10 Å². The number of rotatable bonds is 7. The Bertz CT molecular complexity index is 802. The van der Waals surface area contributed by atoms with Gasteiger partial charge in [-0.3, -0.25) is 14.4 Å². The Labute approximate surface area is 155 Å².